The van der Waals surface area contributed by atoms with Crippen LogP contribution in [0, 0.1) is 40.4 Å². The average Bonchev–Trinajstić information content (AvgIpc) is 2.98. The molecule has 0 aliphatic heterocycles. The molecule has 0 aromatic rings. The zero-order chi connectivity index (χ0) is 19.4. The molecule has 150 valence electrons. The van der Waals surface area contributed by atoms with Gasteiger partial charge in [0.25, 0.3) is 0 Å². The van der Waals surface area contributed by atoms with E-state index in [-0.39, 0.29) is 16.7 Å². The summed E-state index contributed by atoms with van der Waals surface area (Å²) in [5.74, 6) is 3.81. The number of unbranched alkanes of at least 4 members (excludes halogenated alkanes) is 1. The molecule has 0 aromatic heterocycles. The Bertz CT molecular complexity index is 661. The Labute approximate surface area is 165 Å². The van der Waals surface area contributed by atoms with Crippen LogP contribution in [0.5, 0.6) is 0 Å². The van der Waals surface area contributed by atoms with E-state index in [1.54, 1.807) is 0 Å². The molecule has 2 heteroatoms. The largest absolute Gasteiger partial charge is 0.300 e. The average molecular weight is 371 g/mol. The summed E-state index contributed by atoms with van der Waals surface area (Å²) in [6.07, 6.45) is 13.6. The highest BCUT2D eigenvalue weighted by atomic mass is 16.1. The smallest absolute Gasteiger partial charge is 0.155 e. The summed E-state index contributed by atoms with van der Waals surface area (Å²) in [6, 6.07) is 0. The van der Waals surface area contributed by atoms with Crippen LogP contribution in [0.4, 0.5) is 0 Å². The van der Waals surface area contributed by atoms with Gasteiger partial charge in [-0.05, 0) is 92.4 Å². The first-order valence-corrected chi connectivity index (χ1v) is 11.6. The van der Waals surface area contributed by atoms with Gasteiger partial charge in [0.15, 0.2) is 5.78 Å². The second-order valence-electron chi connectivity index (χ2n) is 10.7. The van der Waals surface area contributed by atoms with Gasteiger partial charge in [0.05, 0.1) is 0 Å². The van der Waals surface area contributed by atoms with E-state index in [0.717, 1.165) is 31.1 Å². The lowest BCUT2D eigenvalue weighted by atomic mass is 9.44. The topological polar surface area (TPSA) is 34.1 Å². The molecule has 4 aliphatic carbocycles. The molecule has 0 saturated heterocycles. The van der Waals surface area contributed by atoms with Crippen LogP contribution in [0.25, 0.3) is 0 Å². The number of carbonyl (C=O) groups excluding carboxylic acids is 2. The number of hydrogen-bond acceptors (Lipinski definition) is 2. The number of allylic oxidation sites excluding steroid dienone is 1. The van der Waals surface area contributed by atoms with Gasteiger partial charge in [-0.25, -0.2) is 0 Å². The Hall–Kier alpha value is -0.920. The molecule has 0 amide bonds. The summed E-state index contributed by atoms with van der Waals surface area (Å²) in [6.45, 7) is 9.03. The fourth-order valence-corrected chi connectivity index (χ4v) is 8.29. The maximum Gasteiger partial charge on any atom is 0.155 e. The van der Waals surface area contributed by atoms with Gasteiger partial charge in [-0.3, -0.25) is 9.59 Å². The van der Waals surface area contributed by atoms with Crippen molar-refractivity contribution in [2.24, 2.45) is 40.4 Å². The van der Waals surface area contributed by atoms with Gasteiger partial charge in [-0.1, -0.05) is 39.2 Å². The molecule has 3 fully saturated rings. The number of hydrogen-bond donors (Lipinski definition) is 0. The van der Waals surface area contributed by atoms with Crippen LogP contribution < -0.4 is 0 Å². The van der Waals surface area contributed by atoms with E-state index in [1.165, 1.54) is 50.5 Å². The molecule has 4 rings (SSSR count). The summed E-state index contributed by atoms with van der Waals surface area (Å²) in [5, 5.41) is 0. The number of Topliss-reactive ketones (excluding diaryl/α,β-unsaturated/α-hetero) is 1. The molecule has 7 atom stereocenters. The normalized spacial score (nSPS) is 46.3. The lowest BCUT2D eigenvalue weighted by molar-refractivity contribution is -0.130. The van der Waals surface area contributed by atoms with Crippen molar-refractivity contribution in [3.05, 3.63) is 11.6 Å². The number of ketones is 2. The summed E-state index contributed by atoms with van der Waals surface area (Å²) < 4.78 is 0. The van der Waals surface area contributed by atoms with Crippen molar-refractivity contribution in [2.45, 2.75) is 91.9 Å². The van der Waals surface area contributed by atoms with E-state index in [0.29, 0.717) is 23.4 Å². The lowest BCUT2D eigenvalue weighted by Gasteiger charge is -2.60. The Kier molecular flexibility index (Phi) is 4.92. The van der Waals surface area contributed by atoms with E-state index >= 15 is 0 Å². The first-order valence-electron chi connectivity index (χ1n) is 11.6. The second-order valence-corrected chi connectivity index (χ2v) is 10.7. The van der Waals surface area contributed by atoms with E-state index < -0.39 is 0 Å². The van der Waals surface area contributed by atoms with Crippen LogP contribution >= 0.6 is 0 Å². The van der Waals surface area contributed by atoms with E-state index in [1.807, 2.05) is 13.0 Å². The number of carbonyl (C=O) groups is 2. The predicted octanol–water partition coefficient (Wildman–Crippen LogP) is 6.14. The third-order valence-corrected chi connectivity index (χ3v) is 9.67. The molecule has 0 spiro atoms. The Morgan fingerprint density at radius 2 is 1.93 bits per heavy atom. The Balaban J connectivity index is 1.67. The van der Waals surface area contributed by atoms with Crippen LogP contribution in [0.3, 0.4) is 0 Å². The lowest BCUT2D eigenvalue weighted by Crippen LogP contribution is -2.53. The molecule has 1 unspecified atom stereocenters. The minimum absolute atomic E-state index is 0.224. The molecule has 0 aromatic carbocycles. The van der Waals surface area contributed by atoms with Crippen LogP contribution in [0.1, 0.15) is 91.9 Å². The van der Waals surface area contributed by atoms with Crippen molar-refractivity contribution in [2.75, 3.05) is 0 Å². The Morgan fingerprint density at radius 1 is 1.15 bits per heavy atom. The summed E-state index contributed by atoms with van der Waals surface area (Å²) in [7, 11) is 0. The monoisotopic (exact) mass is 370 g/mol. The van der Waals surface area contributed by atoms with Crippen molar-refractivity contribution in [3.63, 3.8) is 0 Å². The van der Waals surface area contributed by atoms with Gasteiger partial charge in [0, 0.05) is 12.3 Å². The maximum absolute atomic E-state index is 12.4. The van der Waals surface area contributed by atoms with Crippen LogP contribution in [-0.4, -0.2) is 11.6 Å². The van der Waals surface area contributed by atoms with Crippen LogP contribution in [0.15, 0.2) is 11.6 Å². The van der Waals surface area contributed by atoms with Crippen molar-refractivity contribution in [1.82, 2.24) is 0 Å². The first-order chi connectivity index (χ1) is 12.8. The molecule has 0 bridgehead atoms. The van der Waals surface area contributed by atoms with Gasteiger partial charge in [-0.2, -0.15) is 0 Å². The van der Waals surface area contributed by atoms with Gasteiger partial charge in [-0.15, -0.1) is 0 Å². The highest BCUT2D eigenvalue weighted by Crippen LogP contribution is 2.67. The number of rotatable bonds is 4. The summed E-state index contributed by atoms with van der Waals surface area (Å²) in [5.41, 5.74) is 1.93. The van der Waals surface area contributed by atoms with Crippen molar-refractivity contribution >= 4 is 11.6 Å². The molecule has 4 aliphatic rings. The molecule has 27 heavy (non-hydrogen) atoms. The van der Waals surface area contributed by atoms with Crippen molar-refractivity contribution in [1.29, 1.82) is 0 Å². The zero-order valence-corrected chi connectivity index (χ0v) is 17.9. The minimum Gasteiger partial charge on any atom is -0.300 e. The highest BCUT2D eigenvalue weighted by Gasteiger charge is 2.61. The zero-order valence-electron chi connectivity index (χ0n) is 17.9. The molecular formula is C25H38O2. The van der Waals surface area contributed by atoms with E-state index in [9.17, 15) is 9.59 Å². The standard InChI is InChI=1S/C25H38O2/c1-5-6-7-17-14-19(27)15-18-8-9-20-22-11-10-21(16(2)26)24(22,3)13-12-23(20)25(17,18)4/h15,17,20-23H,5-14H2,1-4H3/t17?,20-,21+,22-,23-,24+,25-/m0/s1. The molecule has 0 N–H and O–H groups in total. The maximum atomic E-state index is 12.4. The SMILES string of the molecule is CCCCC1CC(=O)C=C2CC[C@H]3[C@@H]4CC[C@H](C(C)=O)[C@@]4(C)CC[C@@H]3[C@]21C. The quantitative estimate of drug-likeness (QED) is 0.595. The summed E-state index contributed by atoms with van der Waals surface area (Å²) in [4.78, 5) is 24.7. The molecule has 3 saturated carbocycles. The predicted molar refractivity (Wildman–Crippen MR) is 109 cm³/mol. The highest BCUT2D eigenvalue weighted by molar-refractivity contribution is 5.92. The van der Waals surface area contributed by atoms with Crippen LogP contribution in [0.2, 0.25) is 0 Å². The van der Waals surface area contributed by atoms with E-state index in [4.69, 9.17) is 0 Å². The molecule has 2 nitrogen and oxygen atoms in total. The van der Waals surface area contributed by atoms with E-state index in [2.05, 4.69) is 20.8 Å². The fraction of sp³-hybridized carbons (Fsp3) is 0.840. The van der Waals surface area contributed by atoms with Gasteiger partial charge < -0.3 is 0 Å². The fourth-order valence-electron chi connectivity index (χ4n) is 8.29. The van der Waals surface area contributed by atoms with Crippen molar-refractivity contribution < 1.29 is 9.59 Å². The molecular weight excluding hydrogens is 332 g/mol. The van der Waals surface area contributed by atoms with Gasteiger partial charge in [0.2, 0.25) is 0 Å². The third kappa shape index (κ3) is 2.80. The third-order valence-electron chi connectivity index (χ3n) is 9.67. The van der Waals surface area contributed by atoms with Gasteiger partial charge in [0.1, 0.15) is 5.78 Å². The first kappa shape index (κ1) is 19.4. The molecule has 0 heterocycles. The van der Waals surface area contributed by atoms with Gasteiger partial charge >= 0.3 is 0 Å². The summed E-state index contributed by atoms with van der Waals surface area (Å²) >= 11 is 0. The van der Waals surface area contributed by atoms with Crippen molar-refractivity contribution in [3.8, 4) is 0 Å². The minimum atomic E-state index is 0.224. The Morgan fingerprint density at radius 3 is 2.63 bits per heavy atom. The molecule has 0 radical (unpaired) electrons. The van der Waals surface area contributed by atoms with Crippen LogP contribution in [-0.2, 0) is 9.59 Å². The number of fused-ring (bicyclic) bond motifs is 5. The second kappa shape index (κ2) is 6.85.